The van der Waals surface area contributed by atoms with Crippen LogP contribution in [-0.4, -0.2) is 104 Å². The Balaban J connectivity index is 1.45. The van der Waals surface area contributed by atoms with Gasteiger partial charge in [-0.25, -0.2) is 0 Å². The van der Waals surface area contributed by atoms with Crippen molar-refractivity contribution in [2.24, 2.45) is 0 Å². The van der Waals surface area contributed by atoms with Gasteiger partial charge < -0.3 is 57.6 Å². The van der Waals surface area contributed by atoms with E-state index in [-0.39, 0.29) is 0 Å². The maximum absolute atomic E-state index is 8.75. The number of hydrogen-bond donors (Lipinski definition) is 0. The molecule has 0 aromatic heterocycles. The van der Waals surface area contributed by atoms with E-state index in [0.717, 1.165) is 0 Å². The first-order valence-corrected chi connectivity index (χ1v) is 55.5. The van der Waals surface area contributed by atoms with Gasteiger partial charge in [0.2, 0.25) is 0 Å². The average molecular weight is 1340 g/mol. The molecular weight excluding hydrogens is 1270 g/mol. The largest absolute Gasteiger partial charge is 0.515 e. The zero-order valence-electron chi connectivity index (χ0n) is 49.9. The van der Waals surface area contributed by atoms with Crippen molar-refractivity contribution in [2.75, 3.05) is 0 Å². The lowest BCUT2D eigenvalue weighted by atomic mass is 10.4. The molecule has 4 saturated heterocycles. The van der Waals surface area contributed by atoms with E-state index in [1.807, 2.05) is 243 Å². The molecule has 4 fully saturated rings. The first-order valence-electron chi connectivity index (χ1n) is 28.7. The molecule has 4 aliphatic heterocycles. The van der Waals surface area contributed by atoms with Gasteiger partial charge in [0.15, 0.2) is 34.0 Å². The van der Waals surface area contributed by atoms with E-state index in [1.54, 1.807) is 0 Å². The lowest BCUT2D eigenvalue weighted by molar-refractivity contribution is 0.0487. The van der Waals surface area contributed by atoms with Crippen molar-refractivity contribution in [3.63, 3.8) is 0 Å². The molecule has 8 aromatic rings. The van der Waals surface area contributed by atoms with Gasteiger partial charge in [-0.05, 0) is 72.0 Å². The van der Waals surface area contributed by atoms with Crippen LogP contribution >= 0.6 is 0 Å². The van der Waals surface area contributed by atoms with Crippen molar-refractivity contribution in [1.82, 2.24) is 0 Å². The van der Waals surface area contributed by atoms with Crippen LogP contribution in [0.25, 0.3) is 0 Å². The molecule has 85 heavy (non-hydrogen) atoms. The molecule has 0 saturated carbocycles. The van der Waals surface area contributed by atoms with Crippen LogP contribution in [0.5, 0.6) is 0 Å². The molecule has 0 amide bonds. The van der Waals surface area contributed by atoms with Crippen molar-refractivity contribution in [2.45, 2.75) is 72.0 Å². The topological polar surface area (TPSA) is 129 Å². The standard InChI is InChI=1S/C59H74O14Si12/c1-74(2)60-78(52-36-20-12-21-37-52)64-82(56-44-28-16-29-45-56)66-79(61-75(3,4)5,53-38-22-13-23-39-53)67-83(65-78,57-46-30-17-31-47-57)73-85(59-50-34-19-35-51-59)69-80(62-76(6,7)8,54-40-24-14-25-41-54)68-84(72-82,58-48-32-18-33-49-58)70-81(71-85,63-77(9,10)11)55-42-26-15-27-43-55/h12-51,74H,1-11H3. The van der Waals surface area contributed by atoms with E-state index >= 15 is 0 Å². The second-order valence-electron chi connectivity index (χ2n) is 24.2. The Morgan fingerprint density at radius 3 is 0.576 bits per heavy atom. The lowest BCUT2D eigenvalue weighted by Gasteiger charge is -2.58. The molecule has 4 bridgehead atoms. The summed E-state index contributed by atoms with van der Waals surface area (Å²) in [5, 5.41) is 4.49. The highest BCUT2D eigenvalue weighted by atomic mass is 28.6. The minimum absolute atomic E-state index is 0.518. The van der Waals surface area contributed by atoms with Crippen molar-refractivity contribution in [3.8, 4) is 0 Å². The molecule has 0 spiro atoms. The number of fused-ring (bicyclic) bond motifs is 4. The first kappa shape index (κ1) is 62.4. The minimum atomic E-state index is -5.21. The van der Waals surface area contributed by atoms with Gasteiger partial charge in [0.1, 0.15) is 0 Å². The smallest absolute Gasteiger partial charge is 0.416 e. The van der Waals surface area contributed by atoms with Gasteiger partial charge >= 0.3 is 70.4 Å². The summed E-state index contributed by atoms with van der Waals surface area (Å²) in [4.78, 5) is 0. The van der Waals surface area contributed by atoms with Crippen LogP contribution in [0.15, 0.2) is 243 Å². The van der Waals surface area contributed by atoms with Crippen LogP contribution in [0, 0.1) is 0 Å². The van der Waals surface area contributed by atoms with E-state index in [4.69, 9.17) is 57.6 Å². The number of benzene rings is 8. The predicted octanol–water partition coefficient (Wildman–Crippen LogP) is 7.52. The minimum Gasteiger partial charge on any atom is -0.416 e. The molecule has 14 nitrogen and oxygen atoms in total. The fourth-order valence-corrected chi connectivity index (χ4v) is 66.0. The van der Waals surface area contributed by atoms with Gasteiger partial charge in [0.05, 0.1) is 0 Å². The van der Waals surface area contributed by atoms with Crippen molar-refractivity contribution < 1.29 is 57.6 Å². The quantitative estimate of drug-likeness (QED) is 0.0885. The summed E-state index contributed by atoms with van der Waals surface area (Å²) < 4.78 is 118. The fourth-order valence-electron chi connectivity index (χ4n) is 10.4. The Labute approximate surface area is 514 Å². The lowest BCUT2D eigenvalue weighted by Crippen LogP contribution is -2.91. The molecule has 26 heteroatoms. The normalized spacial score (nSPS) is 29.3. The molecule has 12 rings (SSSR count). The van der Waals surface area contributed by atoms with Gasteiger partial charge in [-0.1, -0.05) is 243 Å². The molecule has 2 atom stereocenters. The molecular formula is C59H74O14Si12. The van der Waals surface area contributed by atoms with Gasteiger partial charge in [-0.15, -0.1) is 0 Å². The van der Waals surface area contributed by atoms with Gasteiger partial charge in [0, 0.05) is 41.5 Å². The summed E-state index contributed by atoms with van der Waals surface area (Å²) in [5.74, 6) is 0. The Hall–Kier alpha value is -4.20. The fraction of sp³-hybridized carbons (Fsp3) is 0.186. The van der Waals surface area contributed by atoms with E-state index in [9.17, 15) is 0 Å². The Morgan fingerprint density at radius 2 is 0.400 bits per heavy atom. The molecule has 4 heterocycles. The third-order valence-electron chi connectivity index (χ3n) is 13.4. The molecule has 8 aromatic carbocycles. The zero-order valence-corrected chi connectivity index (χ0v) is 62.0. The maximum Gasteiger partial charge on any atom is 0.515 e. The predicted molar refractivity (Wildman–Crippen MR) is 359 cm³/mol. The van der Waals surface area contributed by atoms with Crippen LogP contribution in [-0.2, 0) is 57.6 Å². The highest BCUT2D eigenvalue weighted by molar-refractivity contribution is 7.11. The van der Waals surface area contributed by atoms with Gasteiger partial charge in [-0.2, -0.15) is 0 Å². The third kappa shape index (κ3) is 13.3. The molecule has 0 radical (unpaired) electrons. The van der Waals surface area contributed by atoms with Gasteiger partial charge in [0.25, 0.3) is 0 Å². The summed E-state index contributed by atoms with van der Waals surface area (Å²) in [6, 6.07) is 78.4. The third-order valence-corrected chi connectivity index (χ3v) is 56.9. The SMILES string of the molecule is C[SiH](C)O[Si]1(c2ccccc2)O[Si]2(c3ccccc3)O[Si](O[Si](C)(C)C)(c3ccccc3)O[Si](c3ccccc3)(O1)O[Si]1(c3ccccc3)O[Si](O[Si](C)(C)C)(c3ccccc3)O[Si](c3ccccc3)(O[Si](O[Si](C)(C)C)(c3ccccc3)O1)O2. The van der Waals surface area contributed by atoms with Crippen molar-refractivity contribution in [3.05, 3.63) is 243 Å². The monoisotopic (exact) mass is 1340 g/mol. The van der Waals surface area contributed by atoms with E-state index in [2.05, 4.69) is 72.0 Å². The highest BCUT2D eigenvalue weighted by Gasteiger charge is 2.81. The average Bonchev–Trinajstić information content (AvgIpc) is 0.766. The second-order valence-corrected chi connectivity index (χ2v) is 64.1. The van der Waals surface area contributed by atoms with Crippen LogP contribution in [0.4, 0.5) is 0 Å². The van der Waals surface area contributed by atoms with E-state index in [1.165, 1.54) is 0 Å². The van der Waals surface area contributed by atoms with E-state index < -0.39 is 104 Å². The van der Waals surface area contributed by atoms with Crippen LogP contribution in [0.2, 0.25) is 72.0 Å². The second kappa shape index (κ2) is 24.3. The summed E-state index contributed by atoms with van der Waals surface area (Å²) in [7, 11) is -51.1. The van der Waals surface area contributed by atoms with E-state index in [0.29, 0.717) is 41.5 Å². The number of rotatable bonds is 16. The zero-order chi connectivity index (χ0) is 59.9. The van der Waals surface area contributed by atoms with Crippen LogP contribution < -0.4 is 41.5 Å². The van der Waals surface area contributed by atoms with Crippen LogP contribution in [0.3, 0.4) is 0 Å². The first-order chi connectivity index (χ1) is 40.5. The van der Waals surface area contributed by atoms with Crippen molar-refractivity contribution >= 4 is 146 Å². The van der Waals surface area contributed by atoms with Crippen LogP contribution in [0.1, 0.15) is 0 Å². The molecule has 4 aliphatic rings. The molecule has 442 valence electrons. The summed E-state index contributed by atoms with van der Waals surface area (Å²) in [6.07, 6.45) is 0. The molecule has 0 aliphatic carbocycles. The molecule has 0 N–H and O–H groups in total. The number of hydrogen-bond acceptors (Lipinski definition) is 14. The highest BCUT2D eigenvalue weighted by Crippen LogP contribution is 2.44. The summed E-state index contributed by atoms with van der Waals surface area (Å²) >= 11 is 0. The Kier molecular flexibility index (Phi) is 17.8. The summed E-state index contributed by atoms with van der Waals surface area (Å²) in [6.45, 7) is 23.2. The summed E-state index contributed by atoms with van der Waals surface area (Å²) in [5.41, 5.74) is 0. The van der Waals surface area contributed by atoms with Crippen molar-refractivity contribution in [1.29, 1.82) is 0 Å². The van der Waals surface area contributed by atoms with Gasteiger partial charge in [-0.3, -0.25) is 0 Å². The molecule has 2 unspecified atom stereocenters. The Bertz CT molecular complexity index is 3310. The maximum atomic E-state index is 8.75. The Morgan fingerprint density at radius 1 is 0.235 bits per heavy atom.